The van der Waals surface area contributed by atoms with Crippen molar-refractivity contribution in [1.82, 2.24) is 0 Å². The van der Waals surface area contributed by atoms with Gasteiger partial charge >= 0.3 is 0 Å². The molecule has 0 spiro atoms. The Labute approximate surface area is 293 Å². The normalized spacial score (nSPS) is 12.0. The van der Waals surface area contributed by atoms with Crippen molar-refractivity contribution in [3.8, 4) is 0 Å². The van der Waals surface area contributed by atoms with Gasteiger partial charge in [0, 0.05) is 0 Å². The molecule has 0 atom stereocenters. The summed E-state index contributed by atoms with van der Waals surface area (Å²) < 4.78 is 231. The molecule has 17 heteroatoms. The Morgan fingerprint density at radius 2 is 0.528 bits per heavy atom. The lowest BCUT2D eigenvalue weighted by Crippen LogP contribution is -2.70. The molecule has 0 aliphatic rings. The minimum Gasteiger partial charge on any atom is -0.498 e. The largest absolute Gasteiger partial charge is 0.498 e. The maximum atomic E-state index is 17.6. The minimum absolute atomic E-state index is 0.136. The van der Waals surface area contributed by atoms with Crippen LogP contribution >= 0.6 is 7.92 Å². The number of rotatable bonds is 6. The van der Waals surface area contributed by atoms with Crippen LogP contribution in [0.5, 0.6) is 0 Å². The third-order valence-electron chi connectivity index (χ3n) is 9.08. The van der Waals surface area contributed by atoms with Crippen LogP contribution in [0.15, 0.2) is 24.3 Å². The molecular weight excluding hydrogens is 759 g/mol. The zero-order valence-corrected chi connectivity index (χ0v) is 29.1. The molecule has 0 aliphatic heterocycles. The second kappa shape index (κ2) is 13.8. The number of aryl methyl sites for hydroxylation is 6. The quantitative estimate of drug-likeness (QED) is 0.0541. The molecule has 0 unspecified atom stereocenters. The fourth-order valence-corrected chi connectivity index (χ4v) is 10.4. The Morgan fingerprint density at radius 1 is 0.321 bits per heavy atom. The van der Waals surface area contributed by atoms with Gasteiger partial charge in [-0.05, 0) is 63.8 Å². The first-order valence-corrected chi connectivity index (χ1v) is 16.8. The molecule has 0 bridgehead atoms. The monoisotopic (exact) mass is 782 g/mol. The van der Waals surface area contributed by atoms with Crippen LogP contribution in [0.25, 0.3) is 0 Å². The standard InChI is InChI=1S/C36H22BF15P/c1-11-7-13(3)34(14(4)8-11)53(35-15(5)9-12(2)10-16(35)6)36-32(50)24(42)19(25(43)33(36)51)37(52,17-20(38)26(44)30(48)27(45)21(17)39)18-22(40)28(46)31(49)29(47)23(18)41/h7-10H,1-6H3/q-1/p+1. The molecule has 0 radical (unpaired) electrons. The highest BCUT2D eigenvalue weighted by Gasteiger charge is 2.50. The predicted octanol–water partition coefficient (Wildman–Crippen LogP) is 7.91. The Morgan fingerprint density at radius 3 is 0.774 bits per heavy atom. The average Bonchev–Trinajstić information content (AvgIpc) is 3.06. The molecule has 0 fully saturated rings. The maximum absolute atomic E-state index is 17.6. The molecule has 0 amide bonds. The summed E-state index contributed by atoms with van der Waals surface area (Å²) in [6.45, 7) is 9.32. The van der Waals surface area contributed by atoms with Gasteiger partial charge in [-0.3, -0.25) is 0 Å². The van der Waals surface area contributed by atoms with Crippen LogP contribution in [0.1, 0.15) is 33.4 Å². The summed E-state index contributed by atoms with van der Waals surface area (Å²) in [5.41, 5.74) is -6.79. The average molecular weight is 782 g/mol. The first-order chi connectivity index (χ1) is 24.5. The molecule has 53 heavy (non-hydrogen) atoms. The second-order valence-corrected chi connectivity index (χ2v) is 14.9. The van der Waals surface area contributed by atoms with E-state index in [1.54, 1.807) is 38.1 Å². The molecule has 0 N–H and O–H groups in total. The lowest BCUT2D eigenvalue weighted by molar-refractivity contribution is 0.380. The highest BCUT2D eigenvalue weighted by molar-refractivity contribution is 7.80. The maximum Gasteiger partial charge on any atom is 0.251 e. The summed E-state index contributed by atoms with van der Waals surface area (Å²) >= 11 is 0. The molecular formula is C36H23BF15P. The van der Waals surface area contributed by atoms with Crippen molar-refractivity contribution in [2.45, 2.75) is 41.5 Å². The Kier molecular flexibility index (Phi) is 10.3. The van der Waals surface area contributed by atoms with E-state index in [4.69, 9.17) is 0 Å². The summed E-state index contributed by atoms with van der Waals surface area (Å²) in [4.78, 5) is 0. The molecule has 5 aromatic rings. The Bertz CT molecular complexity index is 2130. The van der Waals surface area contributed by atoms with Crippen LogP contribution in [0.2, 0.25) is 0 Å². The predicted molar refractivity (Wildman–Crippen MR) is 173 cm³/mol. The van der Waals surface area contributed by atoms with Crippen molar-refractivity contribution in [3.05, 3.63) is 139 Å². The van der Waals surface area contributed by atoms with E-state index in [0.29, 0.717) is 33.4 Å². The van der Waals surface area contributed by atoms with Gasteiger partial charge in [0.25, 0.3) is 6.42 Å². The van der Waals surface area contributed by atoms with Crippen molar-refractivity contribution in [1.29, 1.82) is 0 Å². The van der Waals surface area contributed by atoms with Crippen LogP contribution in [-0.2, 0) is 0 Å². The van der Waals surface area contributed by atoms with Gasteiger partial charge in [0.1, 0.15) is 53.4 Å². The van der Waals surface area contributed by atoms with E-state index in [-0.39, 0.29) is 10.6 Å². The van der Waals surface area contributed by atoms with Gasteiger partial charge in [-0.1, -0.05) is 51.8 Å². The van der Waals surface area contributed by atoms with Crippen molar-refractivity contribution < 1.29 is 65.8 Å². The van der Waals surface area contributed by atoms with Gasteiger partial charge in [-0.2, -0.15) is 8.78 Å². The van der Waals surface area contributed by atoms with Crippen molar-refractivity contribution in [2.75, 3.05) is 0 Å². The molecule has 0 saturated heterocycles. The SMILES string of the molecule is Cc1cc(C)c([PH+](c2c(C)cc(C)cc2C)c2c(F)c(F)c([B-](F)(c3c(F)c(F)c(F)c(F)c3F)c3c(F)c(F)c(F)c(F)c3F)c(F)c2F)c(C)c1. The van der Waals surface area contributed by atoms with E-state index < -0.39 is 117 Å². The molecule has 0 nitrogen and oxygen atoms in total. The topological polar surface area (TPSA) is 0 Å². The van der Waals surface area contributed by atoms with Gasteiger partial charge in [-0.25, -0.2) is 52.7 Å². The smallest absolute Gasteiger partial charge is 0.251 e. The van der Waals surface area contributed by atoms with Crippen LogP contribution in [0.3, 0.4) is 0 Å². The first-order valence-electron chi connectivity index (χ1n) is 15.3. The zero-order valence-electron chi connectivity index (χ0n) is 28.1. The van der Waals surface area contributed by atoms with Crippen LogP contribution < -0.4 is 32.3 Å². The van der Waals surface area contributed by atoms with Gasteiger partial charge in [0.2, 0.25) is 11.6 Å². The van der Waals surface area contributed by atoms with Gasteiger partial charge < -0.3 is 4.32 Å². The van der Waals surface area contributed by atoms with E-state index in [9.17, 15) is 26.3 Å². The van der Waals surface area contributed by atoms with E-state index in [1.807, 2.05) is 0 Å². The van der Waals surface area contributed by atoms with Crippen molar-refractivity contribution in [2.24, 2.45) is 0 Å². The molecule has 5 rings (SSSR count). The number of halogens is 15. The molecule has 0 aromatic heterocycles. The van der Waals surface area contributed by atoms with Crippen molar-refractivity contribution in [3.63, 3.8) is 0 Å². The summed E-state index contributed by atoms with van der Waals surface area (Å²) in [6.07, 6.45) is -6.91. The highest BCUT2D eigenvalue weighted by atomic mass is 31.1. The minimum atomic E-state index is -6.91. The third kappa shape index (κ3) is 5.88. The van der Waals surface area contributed by atoms with Crippen LogP contribution in [0, 0.1) is 123 Å². The highest BCUT2D eigenvalue weighted by Crippen LogP contribution is 2.41. The third-order valence-corrected chi connectivity index (χ3v) is 12.6. The number of benzene rings is 5. The summed E-state index contributed by atoms with van der Waals surface area (Å²) in [6, 6.07) is 6.24. The zero-order chi connectivity index (χ0) is 39.9. The van der Waals surface area contributed by atoms with E-state index in [1.165, 1.54) is 27.7 Å². The van der Waals surface area contributed by atoms with Crippen molar-refractivity contribution >= 4 is 46.6 Å². The summed E-state index contributed by atoms with van der Waals surface area (Å²) in [5.74, 6) is -43.3. The van der Waals surface area contributed by atoms with Gasteiger partial charge in [0.05, 0.1) is 0 Å². The lowest BCUT2D eigenvalue weighted by Gasteiger charge is -2.37. The molecule has 5 aromatic carbocycles. The molecule has 280 valence electrons. The van der Waals surface area contributed by atoms with Gasteiger partial charge in [0.15, 0.2) is 40.2 Å². The fourth-order valence-electron chi connectivity index (χ4n) is 7.12. The van der Waals surface area contributed by atoms with Gasteiger partial charge in [-0.15, -0.1) is 0 Å². The molecule has 0 heterocycles. The summed E-state index contributed by atoms with van der Waals surface area (Å²) in [5, 5.41) is -1.18. The van der Waals surface area contributed by atoms with E-state index in [2.05, 4.69) is 0 Å². The molecule has 0 aliphatic carbocycles. The summed E-state index contributed by atoms with van der Waals surface area (Å²) in [7, 11) is -3.38. The van der Waals surface area contributed by atoms with E-state index >= 15 is 39.4 Å². The fraction of sp³-hybridized carbons (Fsp3) is 0.167. The Hall–Kier alpha value is -4.46. The van der Waals surface area contributed by atoms with E-state index in [0.717, 1.165) is 0 Å². The Balaban J connectivity index is 2.06. The van der Waals surface area contributed by atoms with Crippen LogP contribution in [-0.4, -0.2) is 6.42 Å². The number of hydrogen-bond donors (Lipinski definition) is 0. The first kappa shape index (κ1) is 39.7. The van der Waals surface area contributed by atoms with Crippen LogP contribution in [0.4, 0.5) is 65.8 Å². The number of hydrogen-bond acceptors (Lipinski definition) is 0. The molecule has 0 saturated carbocycles. The second-order valence-electron chi connectivity index (χ2n) is 12.7. The lowest BCUT2D eigenvalue weighted by atomic mass is 9.30.